The largest absolute Gasteiger partial charge is 0.491 e. The molecule has 1 aromatic carbocycles. The van der Waals surface area contributed by atoms with E-state index in [1.807, 2.05) is 16.9 Å². The van der Waals surface area contributed by atoms with Crippen LogP contribution in [0.5, 0.6) is 5.75 Å². The van der Waals surface area contributed by atoms with Gasteiger partial charge < -0.3 is 9.84 Å². The van der Waals surface area contributed by atoms with Gasteiger partial charge in [-0.15, -0.1) is 0 Å². The van der Waals surface area contributed by atoms with Gasteiger partial charge in [0.05, 0.1) is 6.54 Å². The van der Waals surface area contributed by atoms with Gasteiger partial charge in [0.1, 0.15) is 24.3 Å². The van der Waals surface area contributed by atoms with Crippen molar-refractivity contribution < 1.29 is 14.2 Å². The lowest BCUT2D eigenvalue weighted by Crippen LogP contribution is -2.46. The summed E-state index contributed by atoms with van der Waals surface area (Å²) in [6.07, 6.45) is 6.67. The summed E-state index contributed by atoms with van der Waals surface area (Å²) in [4.78, 5) is 2.32. The van der Waals surface area contributed by atoms with Gasteiger partial charge in [-0.2, -0.15) is 5.10 Å². The molecule has 24 heavy (non-hydrogen) atoms. The third kappa shape index (κ3) is 4.79. The Morgan fingerprint density at radius 2 is 2.12 bits per heavy atom. The normalized spacial score (nSPS) is 20.0. The number of benzene rings is 1. The van der Waals surface area contributed by atoms with E-state index in [4.69, 9.17) is 4.74 Å². The number of hydrogen-bond acceptors (Lipinski definition) is 4. The van der Waals surface area contributed by atoms with E-state index < -0.39 is 6.10 Å². The van der Waals surface area contributed by atoms with Crippen molar-refractivity contribution in [2.75, 3.05) is 19.7 Å². The van der Waals surface area contributed by atoms with Crippen molar-refractivity contribution in [2.24, 2.45) is 0 Å². The number of nitrogens with zero attached hydrogens (tertiary/aromatic N) is 3. The van der Waals surface area contributed by atoms with Gasteiger partial charge >= 0.3 is 0 Å². The van der Waals surface area contributed by atoms with Crippen LogP contribution in [0.1, 0.15) is 19.3 Å². The van der Waals surface area contributed by atoms with E-state index >= 15 is 0 Å². The highest BCUT2D eigenvalue weighted by atomic mass is 19.1. The Hall–Kier alpha value is -1.92. The first-order valence-electron chi connectivity index (χ1n) is 8.48. The molecule has 0 bridgehead atoms. The highest BCUT2D eigenvalue weighted by molar-refractivity contribution is 5.22. The molecular formula is C18H24FN3O2. The molecule has 1 aromatic heterocycles. The van der Waals surface area contributed by atoms with Gasteiger partial charge in [0.15, 0.2) is 0 Å². The van der Waals surface area contributed by atoms with Gasteiger partial charge in [0, 0.05) is 25.0 Å². The lowest BCUT2D eigenvalue weighted by Gasteiger charge is -2.36. The van der Waals surface area contributed by atoms with E-state index in [0.717, 1.165) is 25.9 Å². The van der Waals surface area contributed by atoms with Crippen molar-refractivity contribution in [3.8, 4) is 5.75 Å². The van der Waals surface area contributed by atoms with Crippen molar-refractivity contribution in [3.05, 3.63) is 48.5 Å². The van der Waals surface area contributed by atoms with Crippen LogP contribution in [-0.4, -0.2) is 51.6 Å². The summed E-state index contributed by atoms with van der Waals surface area (Å²) >= 11 is 0. The minimum atomic E-state index is -0.576. The molecule has 0 spiro atoms. The molecule has 1 fully saturated rings. The number of β-amino-alcohol motifs (C(OH)–C–C–N with tert-alkyl or cyclic N) is 1. The van der Waals surface area contributed by atoms with Crippen LogP contribution in [0.25, 0.3) is 0 Å². The van der Waals surface area contributed by atoms with Crippen LogP contribution in [-0.2, 0) is 6.54 Å². The number of hydrogen-bond donors (Lipinski definition) is 1. The predicted octanol–water partition coefficient (Wildman–Crippen LogP) is 2.32. The Morgan fingerprint density at radius 3 is 2.88 bits per heavy atom. The van der Waals surface area contributed by atoms with E-state index in [1.54, 1.807) is 18.3 Å². The molecule has 6 heteroatoms. The molecule has 3 rings (SSSR count). The van der Waals surface area contributed by atoms with Crippen LogP contribution in [0.15, 0.2) is 42.7 Å². The highest BCUT2D eigenvalue weighted by Gasteiger charge is 2.25. The number of ether oxygens (including phenoxy) is 1. The first kappa shape index (κ1) is 16.9. The number of rotatable bonds is 7. The first-order chi connectivity index (χ1) is 11.7. The van der Waals surface area contributed by atoms with Crippen molar-refractivity contribution in [1.29, 1.82) is 0 Å². The fourth-order valence-corrected chi connectivity index (χ4v) is 3.18. The van der Waals surface area contributed by atoms with Crippen molar-refractivity contribution in [3.63, 3.8) is 0 Å². The molecule has 2 heterocycles. The monoisotopic (exact) mass is 333 g/mol. The Kier molecular flexibility index (Phi) is 5.82. The molecule has 1 aliphatic heterocycles. The predicted molar refractivity (Wildman–Crippen MR) is 89.3 cm³/mol. The topological polar surface area (TPSA) is 50.5 Å². The number of aromatic nitrogens is 2. The maximum atomic E-state index is 12.9. The van der Waals surface area contributed by atoms with Gasteiger partial charge in [-0.05, 0) is 49.7 Å². The molecule has 1 N–H and O–H groups in total. The van der Waals surface area contributed by atoms with Crippen LogP contribution in [0.4, 0.5) is 4.39 Å². The summed E-state index contributed by atoms with van der Waals surface area (Å²) in [5.74, 6) is 0.278. The molecule has 0 amide bonds. The zero-order valence-corrected chi connectivity index (χ0v) is 13.7. The first-order valence-corrected chi connectivity index (χ1v) is 8.48. The molecule has 1 saturated heterocycles. The van der Waals surface area contributed by atoms with Crippen molar-refractivity contribution >= 4 is 0 Å². The summed E-state index contributed by atoms with van der Waals surface area (Å²) in [7, 11) is 0. The molecule has 2 aromatic rings. The maximum absolute atomic E-state index is 12.9. The Balaban J connectivity index is 1.49. The standard InChI is InChI=1S/C18H24FN3O2/c19-15-5-7-18(8-6-15)24-14-17(23)13-21-10-2-1-4-16(21)12-22-11-3-9-20-22/h3,5-9,11,16-17,23H,1-2,4,10,12-14H2/t16-,17+/m0/s1. The number of aliphatic hydroxyl groups excluding tert-OH is 1. The molecule has 0 saturated carbocycles. The molecule has 0 radical (unpaired) electrons. The van der Waals surface area contributed by atoms with E-state index in [-0.39, 0.29) is 12.4 Å². The Morgan fingerprint density at radius 1 is 1.29 bits per heavy atom. The molecular weight excluding hydrogens is 309 g/mol. The fraction of sp³-hybridized carbons (Fsp3) is 0.500. The van der Waals surface area contributed by atoms with Crippen LogP contribution in [0.3, 0.4) is 0 Å². The van der Waals surface area contributed by atoms with Gasteiger partial charge in [-0.1, -0.05) is 6.42 Å². The third-order valence-electron chi connectivity index (χ3n) is 4.41. The number of halogens is 1. The van der Waals surface area contributed by atoms with E-state index in [1.165, 1.54) is 18.6 Å². The minimum absolute atomic E-state index is 0.205. The second-order valence-electron chi connectivity index (χ2n) is 6.29. The smallest absolute Gasteiger partial charge is 0.123 e. The van der Waals surface area contributed by atoms with Crippen molar-refractivity contribution in [2.45, 2.75) is 38.0 Å². The van der Waals surface area contributed by atoms with Gasteiger partial charge in [-0.3, -0.25) is 9.58 Å². The van der Waals surface area contributed by atoms with E-state index in [2.05, 4.69) is 10.00 Å². The third-order valence-corrected chi connectivity index (χ3v) is 4.41. The zero-order valence-electron chi connectivity index (χ0n) is 13.7. The number of piperidine rings is 1. The average molecular weight is 333 g/mol. The molecule has 1 aliphatic rings. The SMILES string of the molecule is O[C@@H](COc1ccc(F)cc1)CN1CCCC[C@H]1Cn1cccn1. The Bertz CT molecular complexity index is 603. The number of likely N-dealkylation sites (tertiary alicyclic amines) is 1. The van der Waals surface area contributed by atoms with Gasteiger partial charge in [-0.25, -0.2) is 4.39 Å². The van der Waals surface area contributed by atoms with E-state index in [0.29, 0.717) is 18.3 Å². The second-order valence-corrected chi connectivity index (χ2v) is 6.29. The average Bonchev–Trinajstić information content (AvgIpc) is 3.09. The summed E-state index contributed by atoms with van der Waals surface area (Å²) in [6, 6.07) is 8.17. The van der Waals surface area contributed by atoms with E-state index in [9.17, 15) is 9.50 Å². The highest BCUT2D eigenvalue weighted by Crippen LogP contribution is 2.19. The molecule has 0 unspecified atom stereocenters. The number of aliphatic hydroxyl groups is 1. The lowest BCUT2D eigenvalue weighted by molar-refractivity contribution is 0.0345. The van der Waals surface area contributed by atoms with Crippen LogP contribution in [0.2, 0.25) is 0 Å². The van der Waals surface area contributed by atoms with Gasteiger partial charge in [0.2, 0.25) is 0 Å². The summed E-state index contributed by atoms with van der Waals surface area (Å²) in [5.41, 5.74) is 0. The fourth-order valence-electron chi connectivity index (χ4n) is 3.18. The molecule has 2 atom stereocenters. The summed E-state index contributed by atoms with van der Waals surface area (Å²) in [5, 5.41) is 14.6. The quantitative estimate of drug-likeness (QED) is 0.845. The maximum Gasteiger partial charge on any atom is 0.123 e. The van der Waals surface area contributed by atoms with Crippen molar-refractivity contribution in [1.82, 2.24) is 14.7 Å². The molecule has 5 nitrogen and oxygen atoms in total. The Labute approximate surface area is 141 Å². The van der Waals surface area contributed by atoms with Crippen LogP contribution < -0.4 is 4.74 Å². The molecule has 130 valence electrons. The molecule has 0 aliphatic carbocycles. The van der Waals surface area contributed by atoms with Crippen LogP contribution in [0, 0.1) is 5.82 Å². The summed E-state index contributed by atoms with van der Waals surface area (Å²) < 4.78 is 20.4. The van der Waals surface area contributed by atoms with Gasteiger partial charge in [0.25, 0.3) is 0 Å². The zero-order chi connectivity index (χ0) is 16.8. The second kappa shape index (κ2) is 8.26. The summed E-state index contributed by atoms with van der Waals surface area (Å²) in [6.45, 7) is 2.61. The van der Waals surface area contributed by atoms with Crippen LogP contribution >= 0.6 is 0 Å². The minimum Gasteiger partial charge on any atom is -0.491 e. The lowest BCUT2D eigenvalue weighted by atomic mass is 10.0.